The van der Waals surface area contributed by atoms with Gasteiger partial charge in [-0.05, 0) is 30.9 Å². The molecule has 4 heteroatoms. The fourth-order valence-electron chi connectivity index (χ4n) is 2.43. The van der Waals surface area contributed by atoms with Gasteiger partial charge in [-0.1, -0.05) is 31.0 Å². The molecule has 1 aromatic carbocycles. The van der Waals surface area contributed by atoms with E-state index in [2.05, 4.69) is 5.43 Å². The molecule has 0 radical (unpaired) electrons. The lowest BCUT2D eigenvalue weighted by molar-refractivity contribution is -0.132. The van der Waals surface area contributed by atoms with Crippen LogP contribution in [-0.4, -0.2) is 24.2 Å². The summed E-state index contributed by atoms with van der Waals surface area (Å²) in [5, 5.41) is 11.6. The number of rotatable bonds is 4. The molecule has 1 amide bonds. The SMILES string of the molecule is CN(NC(=O)C(O)C1CCCC1)c1ccccc1. The average Bonchev–Trinajstić information content (AvgIpc) is 2.92. The number of carbonyl (C=O) groups is 1. The zero-order valence-electron chi connectivity index (χ0n) is 10.7. The van der Waals surface area contributed by atoms with Crippen molar-refractivity contribution in [3.8, 4) is 0 Å². The van der Waals surface area contributed by atoms with Crippen LogP contribution in [-0.2, 0) is 4.79 Å². The molecule has 0 spiro atoms. The van der Waals surface area contributed by atoms with Gasteiger partial charge in [0, 0.05) is 7.05 Å². The van der Waals surface area contributed by atoms with Gasteiger partial charge in [0.2, 0.25) is 0 Å². The van der Waals surface area contributed by atoms with Crippen LogP contribution in [0.1, 0.15) is 25.7 Å². The van der Waals surface area contributed by atoms with Gasteiger partial charge in [0.25, 0.3) is 5.91 Å². The molecule has 1 aliphatic carbocycles. The van der Waals surface area contributed by atoms with Crippen molar-refractivity contribution in [2.75, 3.05) is 12.1 Å². The van der Waals surface area contributed by atoms with Crippen molar-refractivity contribution in [3.63, 3.8) is 0 Å². The summed E-state index contributed by atoms with van der Waals surface area (Å²) in [5.41, 5.74) is 3.61. The highest BCUT2D eigenvalue weighted by molar-refractivity contribution is 5.82. The number of amides is 1. The van der Waals surface area contributed by atoms with Gasteiger partial charge in [-0.3, -0.25) is 15.2 Å². The molecule has 1 aromatic rings. The van der Waals surface area contributed by atoms with Crippen LogP contribution in [0.4, 0.5) is 5.69 Å². The Labute approximate surface area is 108 Å². The highest BCUT2D eigenvalue weighted by Crippen LogP contribution is 2.27. The number of nitrogens with zero attached hydrogens (tertiary/aromatic N) is 1. The van der Waals surface area contributed by atoms with E-state index < -0.39 is 6.10 Å². The van der Waals surface area contributed by atoms with E-state index in [1.165, 1.54) is 0 Å². The lowest BCUT2D eigenvalue weighted by Crippen LogP contribution is -2.46. The van der Waals surface area contributed by atoms with Gasteiger partial charge in [-0.25, -0.2) is 0 Å². The summed E-state index contributed by atoms with van der Waals surface area (Å²) in [6.45, 7) is 0. The molecule has 0 bridgehead atoms. The molecular formula is C14H20N2O2. The summed E-state index contributed by atoms with van der Waals surface area (Å²) < 4.78 is 0. The Morgan fingerprint density at radius 1 is 1.33 bits per heavy atom. The maximum Gasteiger partial charge on any atom is 0.267 e. The number of hydrazine groups is 1. The van der Waals surface area contributed by atoms with Gasteiger partial charge >= 0.3 is 0 Å². The van der Waals surface area contributed by atoms with Crippen LogP contribution in [0.15, 0.2) is 30.3 Å². The topological polar surface area (TPSA) is 52.6 Å². The van der Waals surface area contributed by atoms with E-state index in [0.717, 1.165) is 31.4 Å². The second kappa shape index (κ2) is 5.87. The third kappa shape index (κ3) is 3.01. The summed E-state index contributed by atoms with van der Waals surface area (Å²) in [5.74, 6) is -0.192. The number of hydrogen-bond acceptors (Lipinski definition) is 3. The molecule has 0 aliphatic heterocycles. The fraction of sp³-hybridized carbons (Fsp3) is 0.500. The quantitative estimate of drug-likeness (QED) is 0.797. The second-order valence-corrected chi connectivity index (χ2v) is 4.86. The number of para-hydroxylation sites is 1. The Morgan fingerprint density at radius 3 is 2.56 bits per heavy atom. The van der Waals surface area contributed by atoms with Crippen molar-refractivity contribution < 1.29 is 9.90 Å². The molecule has 1 unspecified atom stereocenters. The van der Waals surface area contributed by atoms with E-state index in [1.807, 2.05) is 30.3 Å². The smallest absolute Gasteiger partial charge is 0.267 e. The lowest BCUT2D eigenvalue weighted by atomic mass is 10.0. The first kappa shape index (κ1) is 12.9. The van der Waals surface area contributed by atoms with Crippen LogP contribution >= 0.6 is 0 Å². The number of carbonyl (C=O) groups excluding carboxylic acids is 1. The second-order valence-electron chi connectivity index (χ2n) is 4.86. The summed E-state index contributed by atoms with van der Waals surface area (Å²) in [6.07, 6.45) is 3.24. The van der Waals surface area contributed by atoms with Crippen molar-refractivity contribution in [3.05, 3.63) is 30.3 Å². The lowest BCUT2D eigenvalue weighted by Gasteiger charge is -2.24. The van der Waals surface area contributed by atoms with Crippen molar-refractivity contribution in [2.24, 2.45) is 5.92 Å². The molecule has 98 valence electrons. The Bertz CT molecular complexity index is 388. The predicted molar refractivity (Wildman–Crippen MR) is 71.0 cm³/mol. The van der Waals surface area contributed by atoms with Gasteiger partial charge in [0.15, 0.2) is 0 Å². The number of hydrogen-bond donors (Lipinski definition) is 2. The van der Waals surface area contributed by atoms with Gasteiger partial charge < -0.3 is 5.11 Å². The van der Waals surface area contributed by atoms with Crippen LogP contribution in [0.2, 0.25) is 0 Å². The van der Waals surface area contributed by atoms with Crippen molar-refractivity contribution in [2.45, 2.75) is 31.8 Å². The average molecular weight is 248 g/mol. The molecule has 1 aliphatic rings. The zero-order chi connectivity index (χ0) is 13.0. The van der Waals surface area contributed by atoms with E-state index in [4.69, 9.17) is 0 Å². The van der Waals surface area contributed by atoms with E-state index in [1.54, 1.807) is 12.1 Å². The fourth-order valence-corrected chi connectivity index (χ4v) is 2.43. The maximum atomic E-state index is 11.9. The van der Waals surface area contributed by atoms with E-state index >= 15 is 0 Å². The Morgan fingerprint density at radius 2 is 1.94 bits per heavy atom. The third-order valence-corrected chi connectivity index (χ3v) is 3.54. The van der Waals surface area contributed by atoms with Crippen LogP contribution in [0, 0.1) is 5.92 Å². The molecule has 1 atom stereocenters. The van der Waals surface area contributed by atoms with Crippen molar-refractivity contribution >= 4 is 11.6 Å². The molecular weight excluding hydrogens is 228 g/mol. The molecule has 4 nitrogen and oxygen atoms in total. The summed E-state index contributed by atoms with van der Waals surface area (Å²) >= 11 is 0. The first-order valence-electron chi connectivity index (χ1n) is 6.46. The molecule has 2 rings (SSSR count). The molecule has 1 fully saturated rings. The van der Waals surface area contributed by atoms with Crippen molar-refractivity contribution in [1.29, 1.82) is 0 Å². The van der Waals surface area contributed by atoms with Gasteiger partial charge in [0.1, 0.15) is 6.10 Å². The van der Waals surface area contributed by atoms with Crippen molar-refractivity contribution in [1.82, 2.24) is 5.43 Å². The molecule has 0 aromatic heterocycles. The van der Waals surface area contributed by atoms with Gasteiger partial charge in [0.05, 0.1) is 5.69 Å². The minimum absolute atomic E-state index is 0.120. The van der Waals surface area contributed by atoms with E-state index in [9.17, 15) is 9.90 Å². The van der Waals surface area contributed by atoms with Crippen LogP contribution < -0.4 is 10.4 Å². The van der Waals surface area contributed by atoms with E-state index in [0.29, 0.717) is 0 Å². The molecule has 2 N–H and O–H groups in total. The normalized spacial score (nSPS) is 17.4. The zero-order valence-corrected chi connectivity index (χ0v) is 10.7. The first-order chi connectivity index (χ1) is 8.68. The molecule has 18 heavy (non-hydrogen) atoms. The largest absolute Gasteiger partial charge is 0.383 e. The molecule has 0 saturated heterocycles. The minimum atomic E-state index is -0.890. The minimum Gasteiger partial charge on any atom is -0.383 e. The van der Waals surface area contributed by atoms with Crippen LogP contribution in [0.3, 0.4) is 0 Å². The highest BCUT2D eigenvalue weighted by Gasteiger charge is 2.29. The molecule has 0 heterocycles. The maximum absolute atomic E-state index is 11.9. The molecule has 1 saturated carbocycles. The number of benzene rings is 1. The summed E-state index contributed by atoms with van der Waals surface area (Å²) in [4.78, 5) is 11.9. The number of aliphatic hydroxyl groups is 1. The predicted octanol–water partition coefficient (Wildman–Crippen LogP) is 1.71. The third-order valence-electron chi connectivity index (χ3n) is 3.54. The summed E-state index contributed by atoms with van der Waals surface area (Å²) in [6, 6.07) is 9.55. The summed E-state index contributed by atoms with van der Waals surface area (Å²) in [7, 11) is 1.77. The first-order valence-corrected chi connectivity index (χ1v) is 6.46. The number of aliphatic hydroxyl groups excluding tert-OH is 1. The Kier molecular flexibility index (Phi) is 4.20. The van der Waals surface area contributed by atoms with Gasteiger partial charge in [-0.15, -0.1) is 0 Å². The Balaban J connectivity index is 1.90. The van der Waals surface area contributed by atoms with Crippen LogP contribution in [0.25, 0.3) is 0 Å². The number of nitrogens with one attached hydrogen (secondary N) is 1. The van der Waals surface area contributed by atoms with Crippen LogP contribution in [0.5, 0.6) is 0 Å². The van der Waals surface area contributed by atoms with Gasteiger partial charge in [-0.2, -0.15) is 0 Å². The Hall–Kier alpha value is -1.55. The monoisotopic (exact) mass is 248 g/mol. The van der Waals surface area contributed by atoms with E-state index in [-0.39, 0.29) is 11.8 Å². The number of anilines is 1. The highest BCUT2D eigenvalue weighted by atomic mass is 16.3. The standard InChI is InChI=1S/C14H20N2O2/c1-16(12-9-3-2-4-10-12)15-14(18)13(17)11-7-5-6-8-11/h2-4,9-11,13,17H,5-8H2,1H3,(H,15,18).